The van der Waals surface area contributed by atoms with E-state index in [0.717, 1.165) is 22.3 Å². The zero-order chi connectivity index (χ0) is 22.7. The zero-order valence-corrected chi connectivity index (χ0v) is 17.6. The van der Waals surface area contributed by atoms with Crippen LogP contribution >= 0.6 is 0 Å². The topological polar surface area (TPSA) is 116 Å². The zero-order valence-electron chi connectivity index (χ0n) is 17.6. The number of nitrogens with zero attached hydrogens (tertiary/aromatic N) is 1. The number of carboxylic acids is 1. The lowest BCUT2D eigenvalue weighted by molar-refractivity contribution is -0.141. The van der Waals surface area contributed by atoms with Crippen molar-refractivity contribution in [2.75, 3.05) is 26.2 Å². The van der Waals surface area contributed by atoms with Gasteiger partial charge in [0.1, 0.15) is 6.61 Å². The fourth-order valence-corrected chi connectivity index (χ4v) is 4.44. The first kappa shape index (κ1) is 21.8. The lowest BCUT2D eigenvalue weighted by atomic mass is 9.98. The van der Waals surface area contributed by atoms with Gasteiger partial charge in [-0.2, -0.15) is 0 Å². The van der Waals surface area contributed by atoms with Gasteiger partial charge >= 0.3 is 12.1 Å². The van der Waals surface area contributed by atoms with Crippen LogP contribution < -0.4 is 5.32 Å². The SMILES string of the molecule is O=C(NCC(O)CC(=O)N1CCC(C(=O)O)C1)OCC1c2ccccc2-c2ccccc21. The first-order valence-electron chi connectivity index (χ1n) is 10.7. The number of carbonyl (C=O) groups excluding carboxylic acids is 2. The first-order chi connectivity index (χ1) is 15.4. The highest BCUT2D eigenvalue weighted by atomic mass is 16.5. The molecule has 1 heterocycles. The molecule has 32 heavy (non-hydrogen) atoms. The molecule has 2 unspecified atom stereocenters. The molecule has 2 amide bonds. The summed E-state index contributed by atoms with van der Waals surface area (Å²) in [6.45, 7) is 0.556. The van der Waals surface area contributed by atoms with Crippen LogP contribution in [-0.4, -0.2) is 65.4 Å². The number of carboxylic acid groups (broad SMARTS) is 1. The normalized spacial score (nSPS) is 18.0. The smallest absolute Gasteiger partial charge is 0.407 e. The molecular formula is C24H26N2O6. The number of aliphatic hydroxyl groups is 1. The number of benzene rings is 2. The molecule has 0 aromatic heterocycles. The number of fused-ring (bicyclic) bond motifs is 3. The highest BCUT2D eigenvalue weighted by Gasteiger charge is 2.32. The van der Waals surface area contributed by atoms with Gasteiger partial charge in [0.25, 0.3) is 0 Å². The van der Waals surface area contributed by atoms with Gasteiger partial charge in [-0.1, -0.05) is 48.5 Å². The quantitative estimate of drug-likeness (QED) is 0.610. The Labute approximate surface area is 185 Å². The van der Waals surface area contributed by atoms with Crippen molar-refractivity contribution in [1.82, 2.24) is 10.2 Å². The maximum absolute atomic E-state index is 12.2. The molecule has 8 heteroatoms. The van der Waals surface area contributed by atoms with Gasteiger partial charge in [0.15, 0.2) is 0 Å². The summed E-state index contributed by atoms with van der Waals surface area (Å²) in [5.41, 5.74) is 4.49. The Morgan fingerprint density at radius 3 is 2.28 bits per heavy atom. The molecule has 3 N–H and O–H groups in total. The lowest BCUT2D eigenvalue weighted by Crippen LogP contribution is -2.38. The summed E-state index contributed by atoms with van der Waals surface area (Å²) in [6.07, 6.45) is -1.51. The summed E-state index contributed by atoms with van der Waals surface area (Å²) >= 11 is 0. The second-order valence-corrected chi connectivity index (χ2v) is 8.23. The lowest BCUT2D eigenvalue weighted by Gasteiger charge is -2.19. The number of amides is 2. The number of ether oxygens (including phenoxy) is 1. The van der Waals surface area contributed by atoms with Crippen molar-refractivity contribution >= 4 is 18.0 Å². The van der Waals surface area contributed by atoms with Crippen LogP contribution in [0.2, 0.25) is 0 Å². The number of hydrogen-bond acceptors (Lipinski definition) is 5. The van der Waals surface area contributed by atoms with E-state index in [4.69, 9.17) is 9.84 Å². The minimum Gasteiger partial charge on any atom is -0.481 e. The van der Waals surface area contributed by atoms with E-state index in [-0.39, 0.29) is 37.9 Å². The molecule has 4 rings (SSSR count). The molecule has 0 spiro atoms. The number of carbonyl (C=O) groups is 3. The molecule has 0 saturated carbocycles. The average molecular weight is 438 g/mol. The molecule has 168 valence electrons. The molecule has 2 aromatic rings. The monoisotopic (exact) mass is 438 g/mol. The maximum Gasteiger partial charge on any atom is 0.407 e. The molecule has 0 bridgehead atoms. The molecule has 1 aliphatic carbocycles. The fourth-order valence-electron chi connectivity index (χ4n) is 4.44. The Bertz CT molecular complexity index is 978. The Balaban J connectivity index is 1.24. The number of aliphatic carboxylic acids is 1. The third-order valence-electron chi connectivity index (χ3n) is 6.13. The minimum absolute atomic E-state index is 0.0583. The van der Waals surface area contributed by atoms with Gasteiger partial charge in [-0.25, -0.2) is 4.79 Å². The second kappa shape index (κ2) is 9.40. The van der Waals surface area contributed by atoms with Crippen LogP contribution in [0.25, 0.3) is 11.1 Å². The van der Waals surface area contributed by atoms with E-state index in [2.05, 4.69) is 17.4 Å². The van der Waals surface area contributed by atoms with Crippen molar-refractivity contribution in [3.63, 3.8) is 0 Å². The van der Waals surface area contributed by atoms with E-state index >= 15 is 0 Å². The van der Waals surface area contributed by atoms with E-state index in [9.17, 15) is 19.5 Å². The van der Waals surface area contributed by atoms with E-state index in [1.807, 2.05) is 36.4 Å². The van der Waals surface area contributed by atoms with Gasteiger partial charge in [-0.15, -0.1) is 0 Å². The third kappa shape index (κ3) is 4.60. The van der Waals surface area contributed by atoms with Crippen LogP contribution in [0.3, 0.4) is 0 Å². The number of aliphatic hydroxyl groups excluding tert-OH is 1. The summed E-state index contributed by atoms with van der Waals surface area (Å²) in [6, 6.07) is 16.1. The third-order valence-corrected chi connectivity index (χ3v) is 6.13. The van der Waals surface area contributed by atoms with E-state index in [1.165, 1.54) is 4.90 Å². The summed E-state index contributed by atoms with van der Waals surface area (Å²) in [4.78, 5) is 36.9. The molecular weight excluding hydrogens is 412 g/mol. The van der Waals surface area contributed by atoms with Gasteiger partial charge in [-0.05, 0) is 28.7 Å². The van der Waals surface area contributed by atoms with E-state index in [0.29, 0.717) is 13.0 Å². The summed E-state index contributed by atoms with van der Waals surface area (Å²) in [5.74, 6) is -1.86. The van der Waals surface area contributed by atoms with Gasteiger partial charge in [0, 0.05) is 25.6 Å². The van der Waals surface area contributed by atoms with Crippen molar-refractivity contribution in [3.8, 4) is 11.1 Å². The Morgan fingerprint density at radius 1 is 1.06 bits per heavy atom. The molecule has 2 aliphatic rings. The molecule has 2 aromatic carbocycles. The fraction of sp³-hybridized carbons (Fsp3) is 0.375. The van der Waals surface area contributed by atoms with Gasteiger partial charge in [0.05, 0.1) is 18.4 Å². The van der Waals surface area contributed by atoms with Crippen molar-refractivity contribution in [1.29, 1.82) is 0 Å². The summed E-state index contributed by atoms with van der Waals surface area (Å²) in [7, 11) is 0. The Morgan fingerprint density at radius 2 is 1.69 bits per heavy atom. The first-order valence-corrected chi connectivity index (χ1v) is 10.7. The predicted molar refractivity (Wildman–Crippen MR) is 116 cm³/mol. The molecule has 1 aliphatic heterocycles. The largest absolute Gasteiger partial charge is 0.481 e. The standard InChI is InChI=1S/C24H26N2O6/c27-16(11-22(28)26-10-9-15(13-26)23(29)30)12-25-24(31)32-14-21-19-7-3-1-5-17(19)18-6-2-4-8-20(18)21/h1-8,15-16,21,27H,9-14H2,(H,25,31)(H,29,30). The van der Waals surface area contributed by atoms with Crippen molar-refractivity contribution in [3.05, 3.63) is 59.7 Å². The number of nitrogens with one attached hydrogen (secondary N) is 1. The minimum atomic E-state index is -1.08. The average Bonchev–Trinajstić information content (AvgIpc) is 3.40. The Hall–Kier alpha value is -3.39. The number of likely N-dealkylation sites (tertiary alicyclic amines) is 1. The highest BCUT2D eigenvalue weighted by molar-refractivity contribution is 5.80. The van der Waals surface area contributed by atoms with Gasteiger partial charge in [-0.3, -0.25) is 9.59 Å². The molecule has 2 atom stereocenters. The molecule has 8 nitrogen and oxygen atoms in total. The molecule has 1 saturated heterocycles. The number of hydrogen-bond donors (Lipinski definition) is 3. The van der Waals surface area contributed by atoms with E-state index in [1.54, 1.807) is 0 Å². The second-order valence-electron chi connectivity index (χ2n) is 8.23. The van der Waals surface area contributed by atoms with Crippen LogP contribution in [0.15, 0.2) is 48.5 Å². The number of rotatable bonds is 7. The van der Waals surface area contributed by atoms with Crippen molar-refractivity contribution < 1.29 is 29.3 Å². The molecule has 1 fully saturated rings. The van der Waals surface area contributed by atoms with Crippen molar-refractivity contribution in [2.45, 2.75) is 24.9 Å². The van der Waals surface area contributed by atoms with Crippen LogP contribution in [0.5, 0.6) is 0 Å². The van der Waals surface area contributed by atoms with E-state index < -0.39 is 24.1 Å². The predicted octanol–water partition coefficient (Wildman–Crippen LogP) is 2.21. The summed E-state index contributed by atoms with van der Waals surface area (Å²) in [5, 5.41) is 21.6. The Kier molecular flexibility index (Phi) is 6.41. The van der Waals surface area contributed by atoms with Crippen LogP contribution in [-0.2, 0) is 14.3 Å². The van der Waals surface area contributed by atoms with Gasteiger partial charge < -0.3 is 25.2 Å². The van der Waals surface area contributed by atoms with Crippen molar-refractivity contribution in [2.24, 2.45) is 5.92 Å². The maximum atomic E-state index is 12.2. The van der Waals surface area contributed by atoms with Crippen LogP contribution in [0.1, 0.15) is 29.9 Å². The van der Waals surface area contributed by atoms with Crippen LogP contribution in [0, 0.1) is 5.92 Å². The highest BCUT2D eigenvalue weighted by Crippen LogP contribution is 2.44. The summed E-state index contributed by atoms with van der Waals surface area (Å²) < 4.78 is 5.41. The van der Waals surface area contributed by atoms with Crippen LogP contribution in [0.4, 0.5) is 4.79 Å². The molecule has 0 radical (unpaired) electrons. The number of alkyl carbamates (subject to hydrolysis) is 1. The van der Waals surface area contributed by atoms with Gasteiger partial charge in [0.2, 0.25) is 5.91 Å².